The first kappa shape index (κ1) is 15.0. The van der Waals surface area contributed by atoms with Gasteiger partial charge < -0.3 is 14.5 Å². The average Bonchev–Trinajstić information content (AvgIpc) is 2.60. The highest BCUT2D eigenvalue weighted by molar-refractivity contribution is 5.94. The second-order valence-electron chi connectivity index (χ2n) is 4.30. The number of carbonyl (C=O) groups is 2. The highest BCUT2D eigenvalue weighted by atomic mass is 16.5. The normalized spacial score (nSPS) is 11.8. The highest BCUT2D eigenvalue weighted by Crippen LogP contribution is 2.21. The van der Waals surface area contributed by atoms with Crippen molar-refractivity contribution in [1.29, 1.82) is 0 Å². The number of ether oxygens (including phenoxy) is 1. The van der Waals surface area contributed by atoms with Crippen molar-refractivity contribution < 1.29 is 18.7 Å². The van der Waals surface area contributed by atoms with E-state index in [1.165, 1.54) is 6.92 Å². The second kappa shape index (κ2) is 6.22. The zero-order valence-electron chi connectivity index (χ0n) is 11.7. The van der Waals surface area contributed by atoms with Gasteiger partial charge in [0.2, 0.25) is 0 Å². The maximum atomic E-state index is 12.0. The number of nitrogens with one attached hydrogen (secondary N) is 1. The number of hydrogen-bond donors (Lipinski definition) is 1. The molecule has 1 amide bonds. The molecule has 1 atom stereocenters. The Balaban J connectivity index is 2.74. The van der Waals surface area contributed by atoms with Crippen LogP contribution in [0.15, 0.2) is 17.1 Å². The summed E-state index contributed by atoms with van der Waals surface area (Å²) in [7, 11) is 0. The van der Waals surface area contributed by atoms with Gasteiger partial charge in [-0.05, 0) is 27.7 Å². The average molecular weight is 265 g/mol. The van der Waals surface area contributed by atoms with Gasteiger partial charge in [-0.15, -0.1) is 6.58 Å². The van der Waals surface area contributed by atoms with Crippen LogP contribution in [-0.2, 0) is 9.53 Å². The van der Waals surface area contributed by atoms with E-state index in [1.54, 1.807) is 26.8 Å². The van der Waals surface area contributed by atoms with Crippen LogP contribution in [0.4, 0.5) is 0 Å². The molecule has 1 rings (SSSR count). The molecule has 0 saturated carbocycles. The van der Waals surface area contributed by atoms with Crippen LogP contribution in [0.1, 0.15) is 34.4 Å². The predicted octanol–water partition coefficient (Wildman–Crippen LogP) is 2.05. The molecule has 0 aromatic carbocycles. The van der Waals surface area contributed by atoms with Crippen LogP contribution in [0, 0.1) is 20.8 Å². The molecule has 0 aliphatic heterocycles. The first-order valence-electron chi connectivity index (χ1n) is 6.04. The lowest BCUT2D eigenvalue weighted by Gasteiger charge is -2.12. The minimum Gasteiger partial charge on any atom is -0.465 e. The summed E-state index contributed by atoms with van der Waals surface area (Å²) in [6, 6.07) is 0. The maximum Gasteiger partial charge on any atom is 0.342 e. The SMILES string of the molecule is C=CCNC(=O)C(C)OC(=O)c1c(C)oc(C)c1C. The van der Waals surface area contributed by atoms with E-state index in [9.17, 15) is 9.59 Å². The van der Waals surface area contributed by atoms with Crippen LogP contribution in [0.5, 0.6) is 0 Å². The molecule has 19 heavy (non-hydrogen) atoms. The van der Waals surface area contributed by atoms with Crippen molar-refractivity contribution >= 4 is 11.9 Å². The Bertz CT molecular complexity index is 502. The predicted molar refractivity (Wildman–Crippen MR) is 71.0 cm³/mol. The zero-order chi connectivity index (χ0) is 14.6. The molecule has 0 aliphatic rings. The van der Waals surface area contributed by atoms with E-state index < -0.39 is 12.1 Å². The summed E-state index contributed by atoms with van der Waals surface area (Å²) in [5.41, 5.74) is 1.13. The summed E-state index contributed by atoms with van der Waals surface area (Å²) in [5.74, 6) is 0.267. The Hall–Kier alpha value is -2.04. The van der Waals surface area contributed by atoms with Gasteiger partial charge in [-0.3, -0.25) is 4.79 Å². The molecule has 0 radical (unpaired) electrons. The highest BCUT2D eigenvalue weighted by Gasteiger charge is 2.24. The van der Waals surface area contributed by atoms with Crippen molar-refractivity contribution in [3.05, 3.63) is 35.3 Å². The second-order valence-corrected chi connectivity index (χ2v) is 4.30. The summed E-state index contributed by atoms with van der Waals surface area (Å²) in [4.78, 5) is 23.6. The van der Waals surface area contributed by atoms with E-state index in [0.717, 1.165) is 5.56 Å². The van der Waals surface area contributed by atoms with Crippen LogP contribution in [0.2, 0.25) is 0 Å². The fourth-order valence-corrected chi connectivity index (χ4v) is 1.68. The van der Waals surface area contributed by atoms with Crippen molar-refractivity contribution in [1.82, 2.24) is 5.32 Å². The van der Waals surface area contributed by atoms with Crippen LogP contribution >= 0.6 is 0 Å². The van der Waals surface area contributed by atoms with Crippen molar-refractivity contribution in [2.24, 2.45) is 0 Å². The lowest BCUT2D eigenvalue weighted by Crippen LogP contribution is -2.36. The molecular formula is C14H19NO4. The molecule has 1 aromatic rings. The third kappa shape index (κ3) is 3.47. The molecule has 0 aliphatic carbocycles. The van der Waals surface area contributed by atoms with E-state index in [1.807, 2.05) is 0 Å². The number of esters is 1. The van der Waals surface area contributed by atoms with Gasteiger partial charge in [-0.25, -0.2) is 4.79 Å². The number of carbonyl (C=O) groups excluding carboxylic acids is 2. The number of hydrogen-bond acceptors (Lipinski definition) is 4. The van der Waals surface area contributed by atoms with Crippen molar-refractivity contribution in [2.75, 3.05) is 6.54 Å². The zero-order valence-corrected chi connectivity index (χ0v) is 11.7. The Labute approximate surface area is 112 Å². The Kier molecular flexibility index (Phi) is 4.92. The fraction of sp³-hybridized carbons (Fsp3) is 0.429. The summed E-state index contributed by atoms with van der Waals surface area (Å²) in [6.45, 7) is 10.6. The first-order chi connectivity index (χ1) is 8.88. The van der Waals surface area contributed by atoms with E-state index in [2.05, 4.69) is 11.9 Å². The molecule has 1 N–H and O–H groups in total. The number of furan rings is 1. The van der Waals surface area contributed by atoms with Gasteiger partial charge in [0.05, 0.1) is 0 Å². The van der Waals surface area contributed by atoms with Crippen molar-refractivity contribution in [3.63, 3.8) is 0 Å². The third-order valence-electron chi connectivity index (χ3n) is 2.84. The minimum absolute atomic E-state index is 0.337. The molecule has 104 valence electrons. The van der Waals surface area contributed by atoms with E-state index in [0.29, 0.717) is 23.6 Å². The Morgan fingerprint density at radius 1 is 1.37 bits per heavy atom. The Morgan fingerprint density at radius 3 is 2.47 bits per heavy atom. The molecule has 1 unspecified atom stereocenters. The van der Waals surface area contributed by atoms with Gasteiger partial charge in [0, 0.05) is 12.1 Å². The quantitative estimate of drug-likeness (QED) is 0.653. The smallest absolute Gasteiger partial charge is 0.342 e. The van der Waals surface area contributed by atoms with Gasteiger partial charge in [0.15, 0.2) is 6.10 Å². The number of amides is 1. The summed E-state index contributed by atoms with van der Waals surface area (Å²) >= 11 is 0. The molecule has 5 nitrogen and oxygen atoms in total. The molecule has 1 aromatic heterocycles. The standard InChI is InChI=1S/C14H19NO4/c1-6-7-15-13(16)11(5)19-14(17)12-8(2)9(3)18-10(12)4/h6,11H,1,7H2,2-5H3,(H,15,16). The van der Waals surface area contributed by atoms with Gasteiger partial charge >= 0.3 is 5.97 Å². The number of aryl methyl sites for hydroxylation is 2. The summed E-state index contributed by atoms with van der Waals surface area (Å²) in [6.07, 6.45) is 0.696. The molecule has 0 saturated heterocycles. The summed E-state index contributed by atoms with van der Waals surface area (Å²) in [5, 5.41) is 2.57. The molecule has 1 heterocycles. The Morgan fingerprint density at radius 2 is 2.00 bits per heavy atom. The van der Waals surface area contributed by atoms with E-state index in [-0.39, 0.29) is 5.91 Å². The molecule has 0 fully saturated rings. The minimum atomic E-state index is -0.860. The van der Waals surface area contributed by atoms with E-state index in [4.69, 9.17) is 9.15 Å². The van der Waals surface area contributed by atoms with Gasteiger partial charge in [-0.2, -0.15) is 0 Å². The molecule has 5 heteroatoms. The van der Waals surface area contributed by atoms with Crippen LogP contribution in [0.3, 0.4) is 0 Å². The number of rotatable bonds is 5. The molecule has 0 spiro atoms. The largest absolute Gasteiger partial charge is 0.465 e. The first-order valence-corrected chi connectivity index (χ1v) is 6.04. The van der Waals surface area contributed by atoms with Crippen LogP contribution in [-0.4, -0.2) is 24.5 Å². The van der Waals surface area contributed by atoms with Gasteiger partial charge in [-0.1, -0.05) is 6.08 Å². The third-order valence-corrected chi connectivity index (χ3v) is 2.84. The van der Waals surface area contributed by atoms with Crippen molar-refractivity contribution in [2.45, 2.75) is 33.8 Å². The maximum absolute atomic E-state index is 12.0. The van der Waals surface area contributed by atoms with Gasteiger partial charge in [0.25, 0.3) is 5.91 Å². The lowest BCUT2D eigenvalue weighted by atomic mass is 10.1. The van der Waals surface area contributed by atoms with Gasteiger partial charge in [0.1, 0.15) is 17.1 Å². The topological polar surface area (TPSA) is 68.5 Å². The van der Waals surface area contributed by atoms with Crippen LogP contribution < -0.4 is 5.32 Å². The fourth-order valence-electron chi connectivity index (χ4n) is 1.68. The molecular weight excluding hydrogens is 246 g/mol. The summed E-state index contributed by atoms with van der Waals surface area (Å²) < 4.78 is 10.5. The van der Waals surface area contributed by atoms with E-state index >= 15 is 0 Å². The monoisotopic (exact) mass is 265 g/mol. The molecule has 0 bridgehead atoms. The lowest BCUT2D eigenvalue weighted by molar-refractivity contribution is -0.128. The van der Waals surface area contributed by atoms with Crippen molar-refractivity contribution in [3.8, 4) is 0 Å². The van der Waals surface area contributed by atoms with Crippen LogP contribution in [0.25, 0.3) is 0 Å².